The molecule has 6 heteroatoms. The third-order valence-corrected chi connectivity index (χ3v) is 4.24. The molecule has 1 fully saturated rings. The van der Waals surface area contributed by atoms with Crippen LogP contribution in [0.5, 0.6) is 0 Å². The summed E-state index contributed by atoms with van der Waals surface area (Å²) < 4.78 is 5.15. The van der Waals surface area contributed by atoms with Crippen molar-refractivity contribution in [3.8, 4) is 0 Å². The molecule has 1 N–H and O–H groups in total. The van der Waals surface area contributed by atoms with E-state index in [1.54, 1.807) is 12.4 Å². The summed E-state index contributed by atoms with van der Waals surface area (Å²) in [6.07, 6.45) is 4.18. The highest BCUT2D eigenvalue weighted by Gasteiger charge is 2.48. The Morgan fingerprint density at radius 1 is 1.43 bits per heavy atom. The van der Waals surface area contributed by atoms with Gasteiger partial charge in [-0.3, -0.25) is 4.98 Å². The van der Waals surface area contributed by atoms with Crippen LogP contribution in [0.2, 0.25) is 0 Å². The van der Waals surface area contributed by atoms with Gasteiger partial charge in [-0.25, -0.2) is 4.79 Å². The third-order valence-electron chi connectivity index (χ3n) is 4.24. The van der Waals surface area contributed by atoms with Crippen LogP contribution in [0, 0.1) is 12.3 Å². The average Bonchev–Trinajstić information content (AvgIpc) is 2.91. The minimum Gasteiger partial charge on any atom is -0.361 e. The molecule has 0 saturated carbocycles. The van der Waals surface area contributed by atoms with E-state index >= 15 is 0 Å². The van der Waals surface area contributed by atoms with Crippen LogP contribution in [0.25, 0.3) is 0 Å². The van der Waals surface area contributed by atoms with Crippen molar-refractivity contribution >= 4 is 6.03 Å². The molecule has 0 aliphatic carbocycles. The van der Waals surface area contributed by atoms with Crippen LogP contribution in [0.3, 0.4) is 0 Å². The molecule has 1 aliphatic rings. The lowest BCUT2D eigenvalue weighted by Crippen LogP contribution is -2.60. The number of hydrogen-bond donors (Lipinski definition) is 1. The number of likely N-dealkylation sites (tertiary alicyclic amines) is 1. The lowest BCUT2D eigenvalue weighted by atomic mass is 9.72. The van der Waals surface area contributed by atoms with Gasteiger partial charge in [-0.2, -0.15) is 0 Å². The average molecular weight is 314 g/mol. The zero-order chi connectivity index (χ0) is 16.4. The third kappa shape index (κ3) is 3.21. The predicted molar refractivity (Wildman–Crippen MR) is 85.8 cm³/mol. The van der Waals surface area contributed by atoms with Gasteiger partial charge >= 0.3 is 6.03 Å². The molecular formula is C17H22N4O2. The second-order valence-corrected chi connectivity index (χ2v) is 6.72. The summed E-state index contributed by atoms with van der Waals surface area (Å²) >= 11 is 0. The minimum atomic E-state index is -0.0395. The van der Waals surface area contributed by atoms with Gasteiger partial charge in [0.1, 0.15) is 5.76 Å². The van der Waals surface area contributed by atoms with Crippen molar-refractivity contribution in [3.05, 3.63) is 47.6 Å². The summed E-state index contributed by atoms with van der Waals surface area (Å²) in [5.74, 6) is 0.789. The highest BCUT2D eigenvalue weighted by molar-refractivity contribution is 5.76. The summed E-state index contributed by atoms with van der Waals surface area (Å²) in [5, 5.41) is 6.81. The van der Waals surface area contributed by atoms with E-state index in [0.717, 1.165) is 23.6 Å². The number of aryl methyl sites for hydroxylation is 1. The number of carbonyl (C=O) groups excluding carboxylic acids is 1. The Hall–Kier alpha value is -2.37. The molecule has 2 amide bonds. The number of nitrogens with zero attached hydrogens (tertiary/aromatic N) is 3. The van der Waals surface area contributed by atoms with E-state index in [0.29, 0.717) is 13.0 Å². The van der Waals surface area contributed by atoms with Crippen molar-refractivity contribution in [3.63, 3.8) is 0 Å². The van der Waals surface area contributed by atoms with Crippen LogP contribution < -0.4 is 5.32 Å². The van der Waals surface area contributed by atoms with Crippen LogP contribution in [0.15, 0.2) is 35.1 Å². The van der Waals surface area contributed by atoms with E-state index in [2.05, 4.69) is 29.3 Å². The van der Waals surface area contributed by atoms with Gasteiger partial charge in [0.2, 0.25) is 0 Å². The van der Waals surface area contributed by atoms with Gasteiger partial charge < -0.3 is 14.7 Å². The Morgan fingerprint density at radius 2 is 2.17 bits per heavy atom. The predicted octanol–water partition coefficient (Wildman–Crippen LogP) is 2.71. The molecule has 0 unspecified atom stereocenters. The first-order valence-electron chi connectivity index (χ1n) is 7.84. The molecule has 1 aliphatic heterocycles. The van der Waals surface area contributed by atoms with Crippen molar-refractivity contribution in [2.45, 2.75) is 33.2 Å². The van der Waals surface area contributed by atoms with Crippen LogP contribution in [0.4, 0.5) is 4.79 Å². The Balaban J connectivity index is 1.59. The van der Waals surface area contributed by atoms with Crippen LogP contribution in [-0.4, -0.2) is 34.2 Å². The maximum atomic E-state index is 12.4. The molecule has 0 spiro atoms. The van der Waals surface area contributed by atoms with Crippen molar-refractivity contribution in [1.29, 1.82) is 0 Å². The van der Waals surface area contributed by atoms with Crippen molar-refractivity contribution in [2.24, 2.45) is 5.41 Å². The summed E-state index contributed by atoms with van der Waals surface area (Å²) in [5.41, 5.74) is 2.05. The minimum absolute atomic E-state index is 0.0395. The zero-order valence-electron chi connectivity index (χ0n) is 13.7. The fourth-order valence-electron chi connectivity index (χ4n) is 3.22. The molecule has 2 aromatic rings. The standard InChI is InChI=1S/C17H22N4O2/c1-12-10-14(23-20-12)6-9-19-16(22)21-11-17(2,3)15(21)13-4-7-18-8-5-13/h4-5,7-8,10,15H,6,9,11H2,1-3H3,(H,19,22)/t15-/m0/s1. The van der Waals surface area contributed by atoms with Gasteiger partial charge in [0.05, 0.1) is 11.7 Å². The summed E-state index contributed by atoms with van der Waals surface area (Å²) in [6.45, 7) is 7.52. The Labute approximate surface area is 135 Å². The van der Waals surface area contributed by atoms with Crippen LogP contribution in [0.1, 0.15) is 36.9 Å². The van der Waals surface area contributed by atoms with Crippen molar-refractivity contribution in [2.75, 3.05) is 13.1 Å². The molecular weight excluding hydrogens is 292 g/mol. The van der Waals surface area contributed by atoms with E-state index in [1.807, 2.05) is 30.0 Å². The Kier molecular flexibility index (Phi) is 4.07. The van der Waals surface area contributed by atoms with Gasteiger partial charge in [-0.1, -0.05) is 19.0 Å². The number of amides is 2. The fraction of sp³-hybridized carbons (Fsp3) is 0.471. The fourth-order valence-corrected chi connectivity index (χ4v) is 3.22. The van der Waals surface area contributed by atoms with Crippen molar-refractivity contribution in [1.82, 2.24) is 20.4 Å². The topological polar surface area (TPSA) is 71.3 Å². The van der Waals surface area contributed by atoms with E-state index < -0.39 is 0 Å². The van der Waals surface area contributed by atoms with Gasteiger partial charge in [-0.15, -0.1) is 0 Å². The van der Waals surface area contributed by atoms with E-state index in [9.17, 15) is 4.79 Å². The molecule has 0 bridgehead atoms. The molecule has 1 atom stereocenters. The molecule has 3 rings (SSSR count). The van der Waals surface area contributed by atoms with E-state index in [-0.39, 0.29) is 17.5 Å². The number of rotatable bonds is 4. The molecule has 0 radical (unpaired) electrons. The first-order valence-corrected chi connectivity index (χ1v) is 7.84. The summed E-state index contributed by atoms with van der Waals surface area (Å²) in [7, 11) is 0. The second-order valence-electron chi connectivity index (χ2n) is 6.72. The molecule has 0 aromatic carbocycles. The lowest BCUT2D eigenvalue weighted by molar-refractivity contribution is -0.0164. The molecule has 3 heterocycles. The number of urea groups is 1. The molecule has 1 saturated heterocycles. The summed E-state index contributed by atoms with van der Waals surface area (Å²) in [6, 6.07) is 5.88. The van der Waals surface area contributed by atoms with Crippen molar-refractivity contribution < 1.29 is 9.32 Å². The molecule has 2 aromatic heterocycles. The Bertz CT molecular complexity index is 681. The van der Waals surface area contributed by atoms with Gasteiger partial charge in [0, 0.05) is 43.4 Å². The molecule has 122 valence electrons. The number of aromatic nitrogens is 2. The highest BCUT2D eigenvalue weighted by atomic mass is 16.5. The Morgan fingerprint density at radius 3 is 2.78 bits per heavy atom. The number of pyridine rings is 1. The van der Waals surface area contributed by atoms with Crippen LogP contribution >= 0.6 is 0 Å². The summed E-state index contributed by atoms with van der Waals surface area (Å²) in [4.78, 5) is 18.4. The number of carbonyl (C=O) groups is 1. The second kappa shape index (κ2) is 6.02. The maximum absolute atomic E-state index is 12.4. The van der Waals surface area contributed by atoms with E-state index in [4.69, 9.17) is 4.52 Å². The first kappa shape index (κ1) is 15.5. The zero-order valence-corrected chi connectivity index (χ0v) is 13.7. The normalized spacial score (nSPS) is 19.3. The number of nitrogens with one attached hydrogen (secondary N) is 1. The molecule has 6 nitrogen and oxygen atoms in total. The van der Waals surface area contributed by atoms with Gasteiger partial charge in [-0.05, 0) is 24.6 Å². The highest BCUT2D eigenvalue weighted by Crippen LogP contribution is 2.47. The monoisotopic (exact) mass is 314 g/mol. The van der Waals surface area contributed by atoms with Gasteiger partial charge in [0.15, 0.2) is 0 Å². The van der Waals surface area contributed by atoms with Crippen LogP contribution in [-0.2, 0) is 6.42 Å². The first-order chi connectivity index (χ1) is 11.0. The van der Waals surface area contributed by atoms with Gasteiger partial charge in [0.25, 0.3) is 0 Å². The molecule has 23 heavy (non-hydrogen) atoms. The van der Waals surface area contributed by atoms with E-state index in [1.165, 1.54) is 0 Å². The lowest BCUT2D eigenvalue weighted by Gasteiger charge is -2.54. The smallest absolute Gasteiger partial charge is 0.317 e. The maximum Gasteiger partial charge on any atom is 0.317 e. The number of hydrogen-bond acceptors (Lipinski definition) is 4. The quantitative estimate of drug-likeness (QED) is 0.942. The SMILES string of the molecule is Cc1cc(CCNC(=O)N2CC(C)(C)[C@@H]2c2ccncc2)on1. The largest absolute Gasteiger partial charge is 0.361 e.